The quantitative estimate of drug-likeness (QED) is 0.0816. The zero-order chi connectivity index (χ0) is 47.6. The molecular formula is C30H50F12N6O8S4. The van der Waals surface area contributed by atoms with Crippen LogP contribution in [0.25, 0.3) is 8.25 Å². The molecule has 0 amide bonds. The normalized spacial score (nSPS) is 13.1. The van der Waals surface area contributed by atoms with Crippen molar-refractivity contribution in [3.63, 3.8) is 0 Å². The summed E-state index contributed by atoms with van der Waals surface area (Å²) in [6.45, 7) is 11.2. The molecule has 0 saturated heterocycles. The van der Waals surface area contributed by atoms with E-state index >= 15 is 0 Å². The number of hydrogen-bond donors (Lipinski definition) is 0. The maximum absolute atomic E-state index is 11.4. The molecule has 2 rings (SSSR count). The average molecular weight is 979 g/mol. The number of unbranched alkanes of at least 4 members (excludes halogenated alkanes) is 10. The SMILES string of the molecule is CCCCCCCCn1cc[n+](C)c1C.CCCCCCCCn1cc[n+](C)c1C.O=S(=O)([N-]S(=O)(=O)C(F)(F)F)C(F)(F)F.O=S(=O)([N-]S(=O)(=O)C(F)(F)F)C(F)(F)F. The van der Waals surface area contributed by atoms with Crippen LogP contribution in [0.1, 0.15) is 103 Å². The van der Waals surface area contributed by atoms with Crippen LogP contribution >= 0.6 is 0 Å². The molecule has 0 aliphatic carbocycles. The van der Waals surface area contributed by atoms with E-state index in [0.717, 1.165) is 8.25 Å². The first kappa shape index (κ1) is 59.4. The van der Waals surface area contributed by atoms with E-state index in [9.17, 15) is 86.4 Å². The van der Waals surface area contributed by atoms with E-state index in [1.807, 2.05) is 0 Å². The molecule has 0 radical (unpaired) electrons. The number of rotatable bonds is 18. The molecule has 356 valence electrons. The molecule has 2 heterocycles. The fourth-order valence-electron chi connectivity index (χ4n) is 4.22. The lowest BCUT2D eigenvalue weighted by Gasteiger charge is -2.22. The summed E-state index contributed by atoms with van der Waals surface area (Å²) >= 11 is 0. The lowest BCUT2D eigenvalue weighted by molar-refractivity contribution is -0.677. The molecule has 0 unspecified atom stereocenters. The van der Waals surface area contributed by atoms with Crippen molar-refractivity contribution in [2.75, 3.05) is 0 Å². The smallest absolute Gasteiger partial charge is 0.421 e. The summed E-state index contributed by atoms with van der Waals surface area (Å²) in [7, 11) is -22.7. The molecule has 2 aromatic rings. The lowest BCUT2D eigenvalue weighted by Crippen LogP contribution is -2.30. The van der Waals surface area contributed by atoms with Gasteiger partial charge in [-0.3, -0.25) is 0 Å². The lowest BCUT2D eigenvalue weighted by atomic mass is 10.1. The van der Waals surface area contributed by atoms with Gasteiger partial charge < -0.3 is 8.25 Å². The van der Waals surface area contributed by atoms with E-state index in [1.54, 1.807) is 0 Å². The van der Waals surface area contributed by atoms with Gasteiger partial charge in [0.2, 0.25) is 0 Å². The van der Waals surface area contributed by atoms with Crippen molar-refractivity contribution in [2.24, 2.45) is 14.1 Å². The van der Waals surface area contributed by atoms with Crippen LogP contribution in [0.4, 0.5) is 52.7 Å². The van der Waals surface area contributed by atoms with E-state index in [2.05, 4.69) is 84.8 Å². The van der Waals surface area contributed by atoms with Crippen molar-refractivity contribution in [2.45, 2.75) is 140 Å². The zero-order valence-corrected chi connectivity index (χ0v) is 36.6. The summed E-state index contributed by atoms with van der Waals surface area (Å²) < 4.78 is 227. The van der Waals surface area contributed by atoms with E-state index in [0.29, 0.717) is 0 Å². The minimum Gasteiger partial charge on any atom is -0.421 e. The molecule has 30 heteroatoms. The van der Waals surface area contributed by atoms with Crippen LogP contribution in [0.5, 0.6) is 0 Å². The number of alkyl halides is 12. The highest BCUT2D eigenvalue weighted by molar-refractivity contribution is 8.13. The van der Waals surface area contributed by atoms with Crippen LogP contribution in [0, 0.1) is 13.8 Å². The van der Waals surface area contributed by atoms with Gasteiger partial charge in [0, 0.05) is 13.8 Å². The van der Waals surface area contributed by atoms with Crippen molar-refractivity contribution in [3.8, 4) is 0 Å². The summed E-state index contributed by atoms with van der Waals surface area (Å²) in [6, 6.07) is 0. The van der Waals surface area contributed by atoms with Crippen LogP contribution in [-0.4, -0.2) is 64.8 Å². The van der Waals surface area contributed by atoms with Gasteiger partial charge in [0.05, 0.1) is 27.2 Å². The van der Waals surface area contributed by atoms with Gasteiger partial charge >= 0.3 is 22.0 Å². The molecule has 14 nitrogen and oxygen atoms in total. The van der Waals surface area contributed by atoms with Gasteiger partial charge in [-0.05, 0) is 25.7 Å². The maximum Gasteiger partial charge on any atom is 0.480 e. The van der Waals surface area contributed by atoms with E-state index in [1.165, 1.54) is 102 Å². The molecule has 0 saturated carbocycles. The predicted molar refractivity (Wildman–Crippen MR) is 194 cm³/mol. The molecule has 0 aliphatic heterocycles. The summed E-state index contributed by atoms with van der Waals surface area (Å²) in [4.78, 5) is 0. The highest BCUT2D eigenvalue weighted by atomic mass is 32.3. The van der Waals surface area contributed by atoms with Crippen molar-refractivity contribution >= 4 is 40.1 Å². The molecule has 2 aromatic heterocycles. The van der Waals surface area contributed by atoms with Crippen molar-refractivity contribution < 1.29 is 95.5 Å². The Balaban J connectivity index is 0. The summed E-state index contributed by atoms with van der Waals surface area (Å²) in [5.74, 6) is 2.70. The Morgan fingerprint density at radius 2 is 0.667 bits per heavy atom. The second-order valence-electron chi connectivity index (χ2n) is 12.7. The molecule has 0 aromatic carbocycles. The zero-order valence-electron chi connectivity index (χ0n) is 33.3. The number of imidazole rings is 2. The summed E-state index contributed by atoms with van der Waals surface area (Å²) in [5, 5.41) is 0. The molecule has 0 atom stereocenters. The standard InChI is InChI=1S/2C13H25N2.2C2F6NO4S2/c2*1-4-5-6-7-8-9-10-15-12-11-14(3)13(15)2;2*3-1(4,5)14(10,11)9-15(12,13)2(6,7)8/h2*11-12H,4-10H2,1-3H3;;/q2*+1;2*-1. The minimum absolute atomic E-state index is 0.778. The second-order valence-corrected chi connectivity index (χ2v) is 19.5. The first-order valence-corrected chi connectivity index (χ1v) is 23.4. The Hall–Kier alpha value is -2.70. The van der Waals surface area contributed by atoms with E-state index < -0.39 is 62.1 Å². The van der Waals surface area contributed by atoms with Crippen LogP contribution in [0.15, 0.2) is 24.8 Å². The third-order valence-electron chi connectivity index (χ3n) is 7.86. The summed E-state index contributed by atoms with van der Waals surface area (Å²) in [6.07, 6.45) is 25.1. The number of sulfonamides is 4. The van der Waals surface area contributed by atoms with Gasteiger partial charge in [-0.25, -0.2) is 51.9 Å². The van der Waals surface area contributed by atoms with Gasteiger partial charge in [0.1, 0.15) is 24.8 Å². The van der Waals surface area contributed by atoms with E-state index in [4.69, 9.17) is 0 Å². The third-order valence-corrected chi connectivity index (χ3v) is 13.3. The van der Waals surface area contributed by atoms with Gasteiger partial charge in [-0.2, -0.15) is 52.7 Å². The topological polar surface area (TPSA) is 182 Å². The van der Waals surface area contributed by atoms with Crippen molar-refractivity contribution in [1.29, 1.82) is 0 Å². The Labute approximate surface area is 342 Å². The predicted octanol–water partition coefficient (Wildman–Crippen LogP) is 8.08. The fraction of sp³-hybridized carbons (Fsp3) is 0.800. The molecular weight excluding hydrogens is 929 g/mol. The van der Waals surface area contributed by atoms with Crippen LogP contribution in [-0.2, 0) is 67.3 Å². The highest BCUT2D eigenvalue weighted by Crippen LogP contribution is 2.37. The minimum atomic E-state index is -6.72. The maximum atomic E-state index is 11.4. The van der Waals surface area contributed by atoms with Gasteiger partial charge in [0.25, 0.3) is 11.6 Å². The molecule has 0 aliphatic rings. The Morgan fingerprint density at radius 1 is 0.450 bits per heavy atom. The highest BCUT2D eigenvalue weighted by Gasteiger charge is 2.48. The van der Waals surface area contributed by atoms with Crippen molar-refractivity contribution in [1.82, 2.24) is 9.13 Å². The third kappa shape index (κ3) is 21.4. The number of halogens is 12. The first-order valence-electron chi connectivity index (χ1n) is 17.7. The Bertz CT molecular complexity index is 1780. The molecule has 0 N–H and O–H groups in total. The second kappa shape index (κ2) is 24.8. The van der Waals surface area contributed by atoms with Crippen LogP contribution < -0.4 is 9.13 Å². The van der Waals surface area contributed by atoms with Crippen LogP contribution in [0.2, 0.25) is 0 Å². The molecule has 0 fully saturated rings. The van der Waals surface area contributed by atoms with Gasteiger partial charge in [-0.15, -0.1) is 0 Å². The van der Waals surface area contributed by atoms with Gasteiger partial charge in [0.15, 0.2) is 40.1 Å². The van der Waals surface area contributed by atoms with Gasteiger partial charge in [-0.1, -0.05) is 65.2 Å². The Kier molecular flexibility index (Phi) is 24.6. The largest absolute Gasteiger partial charge is 0.480 e. The molecule has 0 bridgehead atoms. The number of aromatic nitrogens is 4. The first-order chi connectivity index (χ1) is 26.9. The van der Waals surface area contributed by atoms with E-state index in [-0.39, 0.29) is 0 Å². The Morgan fingerprint density at radius 3 is 0.850 bits per heavy atom. The van der Waals surface area contributed by atoms with Crippen LogP contribution in [0.3, 0.4) is 0 Å². The summed E-state index contributed by atoms with van der Waals surface area (Å²) in [5.41, 5.74) is -24.8. The number of aryl methyl sites for hydroxylation is 4. The van der Waals surface area contributed by atoms with Crippen molar-refractivity contribution in [3.05, 3.63) is 44.7 Å². The molecule has 60 heavy (non-hydrogen) atoms. The molecule has 0 spiro atoms. The average Bonchev–Trinajstić information content (AvgIpc) is 3.56. The monoisotopic (exact) mass is 978 g/mol. The number of nitrogens with zero attached hydrogens (tertiary/aromatic N) is 6. The fourth-order valence-corrected chi connectivity index (χ4v) is 7.64. The number of hydrogen-bond acceptors (Lipinski definition) is 8.